The molecule has 1 saturated carbocycles. The topological polar surface area (TPSA) is 23.5 Å². The second-order valence-corrected chi connectivity index (χ2v) is 7.72. The Morgan fingerprint density at radius 1 is 1.24 bits per heavy atom. The van der Waals surface area contributed by atoms with Crippen LogP contribution >= 0.6 is 0 Å². The van der Waals surface area contributed by atoms with Crippen LogP contribution in [-0.2, 0) is 0 Å². The Morgan fingerprint density at radius 3 is 2.12 bits per heavy atom. The zero-order chi connectivity index (χ0) is 13.3. The van der Waals surface area contributed by atoms with E-state index in [-0.39, 0.29) is 11.5 Å². The normalized spacial score (nSPS) is 24.0. The summed E-state index contributed by atoms with van der Waals surface area (Å²) in [5.74, 6) is 0. The molecule has 1 unspecified atom stereocenters. The van der Waals surface area contributed by atoms with Crippen LogP contribution in [0.3, 0.4) is 0 Å². The van der Waals surface area contributed by atoms with Crippen molar-refractivity contribution in [2.45, 2.75) is 72.4 Å². The maximum Gasteiger partial charge on any atom is 0.0715 e. The summed E-state index contributed by atoms with van der Waals surface area (Å²) in [5, 5.41) is 10.1. The lowest BCUT2D eigenvalue weighted by molar-refractivity contribution is 0.0136. The summed E-state index contributed by atoms with van der Waals surface area (Å²) in [6.45, 7) is 11.9. The van der Waals surface area contributed by atoms with E-state index in [0.29, 0.717) is 11.5 Å². The molecular formula is C15H31NO. The van der Waals surface area contributed by atoms with Crippen molar-refractivity contribution in [2.24, 2.45) is 10.8 Å². The zero-order valence-electron chi connectivity index (χ0n) is 12.6. The Labute approximate surface area is 107 Å². The molecule has 0 saturated heterocycles. The van der Waals surface area contributed by atoms with Gasteiger partial charge in [-0.25, -0.2) is 0 Å². The van der Waals surface area contributed by atoms with E-state index >= 15 is 0 Å². The van der Waals surface area contributed by atoms with E-state index in [1.165, 1.54) is 25.7 Å². The molecule has 1 rings (SSSR count). The lowest BCUT2D eigenvalue weighted by Gasteiger charge is -2.40. The highest BCUT2D eigenvalue weighted by Gasteiger charge is 2.31. The van der Waals surface area contributed by atoms with Gasteiger partial charge in [0.05, 0.1) is 6.10 Å². The van der Waals surface area contributed by atoms with Gasteiger partial charge in [0, 0.05) is 12.6 Å². The fourth-order valence-electron chi connectivity index (χ4n) is 2.52. The highest BCUT2D eigenvalue weighted by atomic mass is 16.3. The number of aliphatic hydroxyl groups excluding tert-OH is 1. The summed E-state index contributed by atoms with van der Waals surface area (Å²) in [7, 11) is 2.16. The first-order chi connectivity index (χ1) is 7.62. The first-order valence-electron chi connectivity index (χ1n) is 7.00. The van der Waals surface area contributed by atoms with E-state index in [0.717, 1.165) is 6.54 Å². The maximum atomic E-state index is 10.1. The lowest BCUT2D eigenvalue weighted by Crippen LogP contribution is -2.44. The van der Waals surface area contributed by atoms with Gasteiger partial charge in [-0.1, -0.05) is 34.6 Å². The van der Waals surface area contributed by atoms with Gasteiger partial charge in [-0.2, -0.15) is 0 Å². The Hall–Kier alpha value is -0.0800. The van der Waals surface area contributed by atoms with Crippen molar-refractivity contribution in [3.05, 3.63) is 0 Å². The highest BCUT2D eigenvalue weighted by molar-refractivity contribution is 4.85. The van der Waals surface area contributed by atoms with Gasteiger partial charge < -0.3 is 10.0 Å². The van der Waals surface area contributed by atoms with E-state index in [1.807, 2.05) is 0 Å². The van der Waals surface area contributed by atoms with E-state index in [4.69, 9.17) is 0 Å². The molecule has 1 N–H and O–H groups in total. The van der Waals surface area contributed by atoms with Crippen LogP contribution in [0.4, 0.5) is 0 Å². The van der Waals surface area contributed by atoms with Gasteiger partial charge in [-0.3, -0.25) is 0 Å². The molecule has 0 spiro atoms. The summed E-state index contributed by atoms with van der Waals surface area (Å²) in [6, 6.07) is 0.667. The van der Waals surface area contributed by atoms with E-state index in [1.54, 1.807) is 0 Å². The lowest BCUT2D eigenvalue weighted by atomic mass is 9.75. The number of hydrogen-bond acceptors (Lipinski definition) is 2. The molecule has 1 atom stereocenters. The number of likely N-dealkylation sites (N-methyl/N-ethyl adjacent to an activating group) is 1. The van der Waals surface area contributed by atoms with Crippen LogP contribution in [0, 0.1) is 10.8 Å². The molecule has 1 aliphatic carbocycles. The summed E-state index contributed by atoms with van der Waals surface area (Å²) in [5.41, 5.74) is 0.516. The molecule has 0 aliphatic heterocycles. The fourth-order valence-corrected chi connectivity index (χ4v) is 2.52. The van der Waals surface area contributed by atoms with Gasteiger partial charge >= 0.3 is 0 Å². The number of hydrogen-bond donors (Lipinski definition) is 1. The summed E-state index contributed by atoms with van der Waals surface area (Å²) in [4.78, 5) is 2.37. The second kappa shape index (κ2) is 5.27. The molecule has 2 heteroatoms. The molecule has 0 aromatic rings. The predicted octanol–water partition coefficient (Wildman–Crippen LogP) is 3.29. The van der Waals surface area contributed by atoms with Crippen molar-refractivity contribution in [2.75, 3.05) is 13.6 Å². The zero-order valence-corrected chi connectivity index (χ0v) is 12.6. The van der Waals surface area contributed by atoms with E-state index < -0.39 is 0 Å². The van der Waals surface area contributed by atoms with Crippen molar-refractivity contribution in [3.63, 3.8) is 0 Å². The molecule has 2 nitrogen and oxygen atoms in total. The van der Waals surface area contributed by atoms with Gasteiger partial charge in [-0.15, -0.1) is 0 Å². The van der Waals surface area contributed by atoms with E-state index in [9.17, 15) is 5.11 Å². The third kappa shape index (κ3) is 4.59. The minimum atomic E-state index is -0.234. The number of rotatable bonds is 3. The predicted molar refractivity (Wildman–Crippen MR) is 74.1 cm³/mol. The van der Waals surface area contributed by atoms with Crippen molar-refractivity contribution in [1.29, 1.82) is 0 Å². The average Bonchev–Trinajstić information content (AvgIpc) is 2.15. The molecule has 1 fully saturated rings. The highest BCUT2D eigenvalue weighted by Crippen LogP contribution is 2.36. The summed E-state index contributed by atoms with van der Waals surface area (Å²) < 4.78 is 0. The SMILES string of the molecule is CN(CC(O)C(C)(C)C)C1CCC(C)(C)CC1. The third-order valence-electron chi connectivity index (χ3n) is 4.39. The quantitative estimate of drug-likeness (QED) is 0.819. The Bertz CT molecular complexity index is 232. The van der Waals surface area contributed by atoms with Crippen LogP contribution in [0.25, 0.3) is 0 Å². The third-order valence-corrected chi connectivity index (χ3v) is 4.39. The molecule has 0 radical (unpaired) electrons. The van der Waals surface area contributed by atoms with Crippen molar-refractivity contribution >= 4 is 0 Å². The van der Waals surface area contributed by atoms with Gasteiger partial charge in [-0.05, 0) is 43.6 Å². The minimum absolute atomic E-state index is 0.0117. The van der Waals surface area contributed by atoms with Crippen LogP contribution in [0.15, 0.2) is 0 Å². The molecule has 1 aliphatic rings. The smallest absolute Gasteiger partial charge is 0.0715 e. The van der Waals surface area contributed by atoms with Gasteiger partial charge in [0.1, 0.15) is 0 Å². The molecular weight excluding hydrogens is 210 g/mol. The van der Waals surface area contributed by atoms with Crippen molar-refractivity contribution in [1.82, 2.24) is 4.90 Å². The molecule has 102 valence electrons. The largest absolute Gasteiger partial charge is 0.391 e. The van der Waals surface area contributed by atoms with Gasteiger partial charge in [0.2, 0.25) is 0 Å². The Morgan fingerprint density at radius 2 is 1.71 bits per heavy atom. The van der Waals surface area contributed by atoms with Crippen LogP contribution in [-0.4, -0.2) is 35.7 Å². The number of nitrogens with zero attached hydrogens (tertiary/aromatic N) is 1. The Balaban J connectivity index is 2.42. The molecule has 0 aromatic heterocycles. The molecule has 17 heavy (non-hydrogen) atoms. The first-order valence-corrected chi connectivity index (χ1v) is 7.00. The van der Waals surface area contributed by atoms with Crippen molar-refractivity contribution < 1.29 is 5.11 Å². The average molecular weight is 241 g/mol. The molecule has 0 amide bonds. The summed E-state index contributed by atoms with van der Waals surface area (Å²) >= 11 is 0. The van der Waals surface area contributed by atoms with Crippen LogP contribution in [0.1, 0.15) is 60.3 Å². The van der Waals surface area contributed by atoms with Crippen molar-refractivity contribution in [3.8, 4) is 0 Å². The van der Waals surface area contributed by atoms with Crippen LogP contribution < -0.4 is 0 Å². The van der Waals surface area contributed by atoms with Crippen LogP contribution in [0.5, 0.6) is 0 Å². The molecule has 0 heterocycles. The van der Waals surface area contributed by atoms with E-state index in [2.05, 4.69) is 46.6 Å². The monoisotopic (exact) mass is 241 g/mol. The fraction of sp³-hybridized carbons (Fsp3) is 1.00. The summed E-state index contributed by atoms with van der Waals surface area (Å²) in [6.07, 6.45) is 4.95. The maximum absolute atomic E-state index is 10.1. The second-order valence-electron chi connectivity index (χ2n) is 7.72. The Kier molecular flexibility index (Phi) is 4.65. The molecule has 0 bridgehead atoms. The first kappa shape index (κ1) is 15.0. The van der Waals surface area contributed by atoms with Gasteiger partial charge in [0.25, 0.3) is 0 Å². The van der Waals surface area contributed by atoms with Crippen LogP contribution in [0.2, 0.25) is 0 Å². The number of aliphatic hydroxyl groups is 1. The molecule has 0 aromatic carbocycles. The van der Waals surface area contributed by atoms with Gasteiger partial charge in [0.15, 0.2) is 0 Å². The standard InChI is InChI=1S/C15H31NO/c1-14(2,3)13(17)11-16(6)12-7-9-15(4,5)10-8-12/h12-13,17H,7-11H2,1-6H3. The minimum Gasteiger partial charge on any atom is -0.391 e.